The lowest BCUT2D eigenvalue weighted by molar-refractivity contribution is -0.282. The van der Waals surface area contributed by atoms with Crippen molar-refractivity contribution < 1.29 is 73.2 Å². The van der Waals surface area contributed by atoms with Gasteiger partial charge in [0.2, 0.25) is 0 Å². The number of rotatable bonds is 7. The standard InChI is InChI=1S/C48H70O15/c1-21(49)60-30-12-14-44(9)34-28(53)17-25-19-46(34,39(56)32(62-23(3)51)36(44)42(30,5)6)38(55)27(25)11-16-48(59)26-18-29(54)35-45(10)15-13-31(61-22(2)50)43(7,8)37(45)33(63-24(4)52)40(57)47(35,20-26)41(48)58/h25-37,39-40,53-54,56-57,59H,11-20H2,1-10H3/t25-,26-,27-,28+,29+,30+,31+,32-,33-,34+,35+,36-,37-,39+,40+,44+,45+,46+,47-,48+/m1/s1. The number of fused-ring (bicyclic) bond motifs is 6. The Bertz CT molecular complexity index is 1960. The van der Waals surface area contributed by atoms with Crippen LogP contribution in [0.3, 0.4) is 0 Å². The highest BCUT2D eigenvalue weighted by Gasteiger charge is 2.81. The molecule has 8 aliphatic rings. The molecule has 0 amide bonds. The van der Waals surface area contributed by atoms with Gasteiger partial charge in [-0.15, -0.1) is 0 Å². The van der Waals surface area contributed by atoms with Crippen LogP contribution in [0.1, 0.15) is 133 Å². The summed E-state index contributed by atoms with van der Waals surface area (Å²) in [5.74, 6) is -8.09. The number of carbonyl (C=O) groups excluding carboxylic acids is 6. The fraction of sp³-hybridized carbons (Fsp3) is 0.875. The highest BCUT2D eigenvalue weighted by atomic mass is 16.6. The molecule has 15 nitrogen and oxygen atoms in total. The molecule has 0 aromatic rings. The molecule has 2 spiro atoms. The molecular formula is C48H70O15. The predicted octanol–water partition coefficient (Wildman–Crippen LogP) is 3.39. The van der Waals surface area contributed by atoms with Gasteiger partial charge in [0.25, 0.3) is 0 Å². The highest BCUT2D eigenvalue weighted by Crippen LogP contribution is 2.75. The molecule has 8 fully saturated rings. The van der Waals surface area contributed by atoms with Crippen molar-refractivity contribution in [3.05, 3.63) is 0 Å². The van der Waals surface area contributed by atoms with Gasteiger partial charge in [-0.3, -0.25) is 28.8 Å². The SMILES string of the molecule is CC(=O)O[C@@H]1[C@@H]2C(C)(C)[C@@H](OC(C)=O)CC[C@@]2(C)[C@@H]2[C@@H](O)C[C@@H]3C[C@]2(C(=O)[C@@H]3CC[C@@]2(O)C(=O)[C@]34C[C@H]2C[C@H](O)[C@H]3[C@]2(C)CC[C@H](OC(C)=O)C(C)(C)[C@H]2[C@@H](OC(C)=O)[C@@H]4O)[C@H]1O. The van der Waals surface area contributed by atoms with Crippen molar-refractivity contribution in [1.29, 1.82) is 0 Å². The normalized spacial score (nSPS) is 51.1. The molecule has 8 aliphatic carbocycles. The van der Waals surface area contributed by atoms with Gasteiger partial charge in [-0.2, -0.15) is 0 Å². The number of aliphatic hydroxyl groups excluding tert-OH is 4. The fourth-order valence-corrected chi connectivity index (χ4v) is 17.9. The van der Waals surface area contributed by atoms with Crippen LogP contribution in [0.2, 0.25) is 0 Å². The Morgan fingerprint density at radius 1 is 0.603 bits per heavy atom. The van der Waals surface area contributed by atoms with Gasteiger partial charge in [0.1, 0.15) is 48.0 Å². The molecule has 8 rings (SSSR count). The third-order valence-corrected chi connectivity index (χ3v) is 19.4. The second kappa shape index (κ2) is 14.8. The molecule has 0 aromatic heterocycles. The van der Waals surface area contributed by atoms with Crippen LogP contribution in [0.25, 0.3) is 0 Å². The van der Waals surface area contributed by atoms with Crippen molar-refractivity contribution >= 4 is 35.4 Å². The molecule has 0 heterocycles. The Morgan fingerprint density at radius 3 is 1.49 bits per heavy atom. The van der Waals surface area contributed by atoms with Crippen molar-refractivity contribution in [2.75, 3.05) is 0 Å². The molecule has 0 saturated heterocycles. The van der Waals surface area contributed by atoms with E-state index in [9.17, 15) is 44.7 Å². The number of carbonyl (C=O) groups is 6. The predicted molar refractivity (Wildman–Crippen MR) is 220 cm³/mol. The Labute approximate surface area is 369 Å². The first-order valence-electron chi connectivity index (χ1n) is 23.3. The first-order chi connectivity index (χ1) is 29.1. The molecule has 0 aliphatic heterocycles. The minimum Gasteiger partial charge on any atom is -0.462 e. The van der Waals surface area contributed by atoms with E-state index in [1.54, 1.807) is 0 Å². The molecule has 4 bridgehead atoms. The number of ether oxygens (including phenoxy) is 4. The quantitative estimate of drug-likeness (QED) is 0.182. The van der Waals surface area contributed by atoms with E-state index in [1.807, 2.05) is 41.5 Å². The van der Waals surface area contributed by atoms with E-state index in [2.05, 4.69) is 0 Å². The van der Waals surface area contributed by atoms with Gasteiger partial charge in [-0.1, -0.05) is 41.5 Å². The number of Topliss-reactive ketones (excluding diaryl/α,β-unsaturated/α-hetero) is 2. The summed E-state index contributed by atoms with van der Waals surface area (Å²) in [5, 5.41) is 62.4. The second-order valence-electron chi connectivity index (χ2n) is 23.2. The third kappa shape index (κ3) is 6.12. The Morgan fingerprint density at radius 2 is 1.03 bits per heavy atom. The second-order valence-corrected chi connectivity index (χ2v) is 23.2. The molecule has 20 atom stereocenters. The van der Waals surface area contributed by atoms with Crippen LogP contribution in [0.15, 0.2) is 0 Å². The summed E-state index contributed by atoms with van der Waals surface area (Å²) in [4.78, 5) is 80.8. The smallest absolute Gasteiger partial charge is 0.303 e. The van der Waals surface area contributed by atoms with Crippen LogP contribution < -0.4 is 0 Å². The molecular weight excluding hydrogens is 817 g/mol. The van der Waals surface area contributed by atoms with E-state index in [1.165, 1.54) is 27.7 Å². The average Bonchev–Trinajstić information content (AvgIpc) is 3.46. The van der Waals surface area contributed by atoms with Crippen LogP contribution >= 0.6 is 0 Å². The highest BCUT2D eigenvalue weighted by molar-refractivity contribution is 5.97. The van der Waals surface area contributed by atoms with Crippen LogP contribution in [0.5, 0.6) is 0 Å². The Kier molecular flexibility index (Phi) is 10.9. The molecule has 8 saturated carbocycles. The number of hydrogen-bond donors (Lipinski definition) is 5. The van der Waals surface area contributed by atoms with Gasteiger partial charge in [0.05, 0.1) is 23.0 Å². The zero-order chi connectivity index (χ0) is 46.5. The summed E-state index contributed by atoms with van der Waals surface area (Å²) in [5.41, 5.74) is -8.77. The van der Waals surface area contributed by atoms with Gasteiger partial charge in [-0.25, -0.2) is 0 Å². The maximum absolute atomic E-state index is 15.4. The van der Waals surface area contributed by atoms with E-state index in [4.69, 9.17) is 18.9 Å². The fourth-order valence-electron chi connectivity index (χ4n) is 17.9. The van der Waals surface area contributed by atoms with E-state index in [0.717, 1.165) is 0 Å². The largest absolute Gasteiger partial charge is 0.462 e. The molecule has 15 heteroatoms. The number of aliphatic hydroxyl groups is 5. The van der Waals surface area contributed by atoms with Gasteiger partial charge < -0.3 is 44.5 Å². The molecule has 0 radical (unpaired) electrons. The summed E-state index contributed by atoms with van der Waals surface area (Å²) < 4.78 is 23.5. The van der Waals surface area contributed by atoms with Crippen molar-refractivity contribution in [2.24, 2.45) is 73.9 Å². The van der Waals surface area contributed by atoms with Crippen LogP contribution in [0, 0.1) is 73.9 Å². The minimum atomic E-state index is -2.08. The molecule has 0 aromatic carbocycles. The van der Waals surface area contributed by atoms with Crippen molar-refractivity contribution in [3.8, 4) is 0 Å². The Hall–Kier alpha value is -2.98. The average molecular weight is 887 g/mol. The third-order valence-electron chi connectivity index (χ3n) is 19.4. The first-order valence-corrected chi connectivity index (χ1v) is 23.3. The van der Waals surface area contributed by atoms with E-state index < -0.39 is 158 Å². The molecule has 0 unspecified atom stereocenters. The van der Waals surface area contributed by atoms with Crippen LogP contribution in [-0.4, -0.2) is 115 Å². The lowest BCUT2D eigenvalue weighted by atomic mass is 9.38. The molecule has 63 heavy (non-hydrogen) atoms. The molecule has 352 valence electrons. The monoisotopic (exact) mass is 886 g/mol. The number of esters is 4. The topological polar surface area (TPSA) is 240 Å². The summed E-state index contributed by atoms with van der Waals surface area (Å²) in [6.07, 6.45) is -6.86. The van der Waals surface area contributed by atoms with E-state index in [-0.39, 0.29) is 44.3 Å². The molecule has 5 N–H and O–H groups in total. The number of ketones is 2. The van der Waals surface area contributed by atoms with Crippen molar-refractivity contribution in [3.63, 3.8) is 0 Å². The first kappa shape index (κ1) is 46.5. The Balaban J connectivity index is 1.13. The van der Waals surface area contributed by atoms with E-state index in [0.29, 0.717) is 25.7 Å². The lowest BCUT2D eigenvalue weighted by Gasteiger charge is -2.67. The van der Waals surface area contributed by atoms with Crippen LogP contribution in [0.4, 0.5) is 0 Å². The van der Waals surface area contributed by atoms with Crippen molar-refractivity contribution in [1.82, 2.24) is 0 Å². The maximum atomic E-state index is 15.4. The summed E-state index contributed by atoms with van der Waals surface area (Å²) in [6, 6.07) is 0. The summed E-state index contributed by atoms with van der Waals surface area (Å²) >= 11 is 0. The summed E-state index contributed by atoms with van der Waals surface area (Å²) in [7, 11) is 0. The van der Waals surface area contributed by atoms with E-state index >= 15 is 9.59 Å². The van der Waals surface area contributed by atoms with Gasteiger partial charge in [0, 0.05) is 68.1 Å². The lowest BCUT2D eigenvalue weighted by Crippen LogP contribution is -2.73. The van der Waals surface area contributed by atoms with Gasteiger partial charge >= 0.3 is 23.9 Å². The van der Waals surface area contributed by atoms with Gasteiger partial charge in [0.15, 0.2) is 5.78 Å². The van der Waals surface area contributed by atoms with Crippen molar-refractivity contribution in [2.45, 2.75) is 188 Å². The summed E-state index contributed by atoms with van der Waals surface area (Å²) in [6.45, 7) is 16.6. The minimum absolute atomic E-state index is 0.0197. The zero-order valence-corrected chi connectivity index (χ0v) is 38.5. The maximum Gasteiger partial charge on any atom is 0.303 e. The zero-order valence-electron chi connectivity index (χ0n) is 38.5. The number of hydrogen-bond acceptors (Lipinski definition) is 15. The van der Waals surface area contributed by atoms with Gasteiger partial charge in [-0.05, 0) is 86.9 Å². The van der Waals surface area contributed by atoms with Crippen LogP contribution in [-0.2, 0) is 47.7 Å².